The molecule has 164 valence electrons. The SMILES string of the molecule is Cc1ccccc1-c1nc(CS(=O)(=O)CC(=O)CC(C)CCc2ccccc2)c(C)o1. The van der Waals surface area contributed by atoms with E-state index >= 15 is 0 Å². The van der Waals surface area contributed by atoms with E-state index in [1.807, 2.05) is 56.3 Å². The molecule has 0 saturated carbocycles. The van der Waals surface area contributed by atoms with Crippen LogP contribution in [0.5, 0.6) is 0 Å². The molecule has 0 aliphatic heterocycles. The van der Waals surface area contributed by atoms with Crippen LogP contribution in [0.3, 0.4) is 0 Å². The average molecular weight is 440 g/mol. The van der Waals surface area contributed by atoms with E-state index in [0.717, 1.165) is 24.0 Å². The highest BCUT2D eigenvalue weighted by Gasteiger charge is 2.23. The fraction of sp³-hybridized carbons (Fsp3) is 0.360. The largest absolute Gasteiger partial charge is 0.441 e. The van der Waals surface area contributed by atoms with Crippen LogP contribution in [-0.4, -0.2) is 24.9 Å². The van der Waals surface area contributed by atoms with Gasteiger partial charge in [0.2, 0.25) is 5.89 Å². The first-order chi connectivity index (χ1) is 14.7. The summed E-state index contributed by atoms with van der Waals surface area (Å²) < 4.78 is 31.0. The van der Waals surface area contributed by atoms with Crippen LogP contribution < -0.4 is 0 Å². The third-order valence-electron chi connectivity index (χ3n) is 5.35. The molecule has 3 aromatic rings. The smallest absolute Gasteiger partial charge is 0.226 e. The maximum absolute atomic E-state index is 12.6. The van der Waals surface area contributed by atoms with Crippen molar-refractivity contribution in [3.8, 4) is 11.5 Å². The van der Waals surface area contributed by atoms with Crippen LogP contribution in [0, 0.1) is 19.8 Å². The molecule has 0 spiro atoms. The second-order valence-corrected chi connectivity index (χ2v) is 10.3. The van der Waals surface area contributed by atoms with Crippen molar-refractivity contribution in [1.82, 2.24) is 4.98 Å². The predicted molar refractivity (Wildman–Crippen MR) is 122 cm³/mol. The van der Waals surface area contributed by atoms with Gasteiger partial charge in [0.05, 0.1) is 11.4 Å². The van der Waals surface area contributed by atoms with Crippen LogP contribution in [0.2, 0.25) is 0 Å². The Kier molecular flexibility index (Phi) is 7.44. The van der Waals surface area contributed by atoms with Gasteiger partial charge >= 0.3 is 0 Å². The number of nitrogens with zero attached hydrogens (tertiary/aromatic N) is 1. The third-order valence-corrected chi connectivity index (χ3v) is 6.83. The van der Waals surface area contributed by atoms with Gasteiger partial charge in [0.15, 0.2) is 9.84 Å². The van der Waals surface area contributed by atoms with Crippen molar-refractivity contribution >= 4 is 15.6 Å². The minimum absolute atomic E-state index is 0.129. The number of hydrogen-bond donors (Lipinski definition) is 0. The van der Waals surface area contributed by atoms with Gasteiger partial charge in [0.1, 0.15) is 17.3 Å². The van der Waals surface area contributed by atoms with E-state index in [1.54, 1.807) is 6.92 Å². The summed E-state index contributed by atoms with van der Waals surface area (Å²) in [5.41, 5.74) is 3.42. The average Bonchev–Trinajstić information content (AvgIpc) is 3.06. The molecule has 0 aliphatic carbocycles. The molecule has 1 atom stereocenters. The Morgan fingerprint density at radius 2 is 1.71 bits per heavy atom. The Bertz CT molecular complexity index is 1130. The number of hydrogen-bond acceptors (Lipinski definition) is 5. The second-order valence-electron chi connectivity index (χ2n) is 8.24. The standard InChI is InChI=1S/C25H29NO4S/c1-18(13-14-21-10-5-4-6-11-21)15-22(27)16-31(28,29)17-24-20(3)30-25(26-24)23-12-8-7-9-19(23)2/h4-12,18H,13-17H2,1-3H3. The molecule has 31 heavy (non-hydrogen) atoms. The zero-order valence-electron chi connectivity index (χ0n) is 18.3. The summed E-state index contributed by atoms with van der Waals surface area (Å²) in [6.07, 6.45) is 1.98. The lowest BCUT2D eigenvalue weighted by atomic mass is 9.97. The first-order valence-corrected chi connectivity index (χ1v) is 12.3. The van der Waals surface area contributed by atoms with E-state index in [0.29, 0.717) is 17.3 Å². The van der Waals surface area contributed by atoms with Crippen molar-refractivity contribution < 1.29 is 17.6 Å². The summed E-state index contributed by atoms with van der Waals surface area (Å²) >= 11 is 0. The number of aromatic nitrogens is 1. The zero-order chi connectivity index (χ0) is 22.4. The van der Waals surface area contributed by atoms with Gasteiger partial charge < -0.3 is 4.42 Å². The molecular formula is C25H29NO4S. The fourth-order valence-electron chi connectivity index (χ4n) is 3.60. The molecule has 1 aromatic heterocycles. The minimum atomic E-state index is -3.62. The topological polar surface area (TPSA) is 77.2 Å². The maximum Gasteiger partial charge on any atom is 0.226 e. The zero-order valence-corrected chi connectivity index (χ0v) is 19.1. The van der Waals surface area contributed by atoms with Gasteiger partial charge in [-0.15, -0.1) is 0 Å². The lowest BCUT2D eigenvalue weighted by molar-refractivity contribution is -0.117. The highest BCUT2D eigenvalue weighted by atomic mass is 32.2. The quantitative estimate of drug-likeness (QED) is 0.439. The van der Waals surface area contributed by atoms with E-state index in [-0.39, 0.29) is 23.9 Å². The van der Waals surface area contributed by atoms with E-state index in [9.17, 15) is 13.2 Å². The van der Waals surface area contributed by atoms with Crippen LogP contribution in [-0.2, 0) is 26.8 Å². The molecule has 0 N–H and O–H groups in total. The molecule has 2 aromatic carbocycles. The van der Waals surface area contributed by atoms with Gasteiger partial charge in [-0.3, -0.25) is 4.79 Å². The molecule has 1 heterocycles. The molecule has 0 radical (unpaired) electrons. The minimum Gasteiger partial charge on any atom is -0.441 e. The highest BCUT2D eigenvalue weighted by molar-refractivity contribution is 7.91. The molecule has 6 heteroatoms. The van der Waals surface area contributed by atoms with Crippen LogP contribution in [0.4, 0.5) is 0 Å². The fourth-order valence-corrected chi connectivity index (χ4v) is 5.00. The van der Waals surface area contributed by atoms with Crippen molar-refractivity contribution in [2.75, 3.05) is 5.75 Å². The molecule has 0 amide bonds. The van der Waals surface area contributed by atoms with Gasteiger partial charge in [-0.05, 0) is 49.8 Å². The van der Waals surface area contributed by atoms with Gasteiger partial charge in [-0.25, -0.2) is 13.4 Å². The van der Waals surface area contributed by atoms with E-state index in [2.05, 4.69) is 17.1 Å². The number of Topliss-reactive ketones (excluding diaryl/α,β-unsaturated/α-hetero) is 1. The molecule has 5 nitrogen and oxygen atoms in total. The normalized spacial score (nSPS) is 12.6. The number of carbonyl (C=O) groups is 1. The lowest BCUT2D eigenvalue weighted by Crippen LogP contribution is -2.20. The third kappa shape index (κ3) is 6.62. The number of rotatable bonds is 10. The van der Waals surface area contributed by atoms with Crippen LogP contribution in [0.15, 0.2) is 59.0 Å². The number of aryl methyl sites for hydroxylation is 3. The van der Waals surface area contributed by atoms with Gasteiger partial charge in [-0.2, -0.15) is 0 Å². The van der Waals surface area contributed by atoms with Gasteiger partial charge in [-0.1, -0.05) is 55.5 Å². The van der Waals surface area contributed by atoms with E-state index in [1.165, 1.54) is 5.56 Å². The summed E-state index contributed by atoms with van der Waals surface area (Å²) in [5, 5.41) is 0. The Morgan fingerprint density at radius 3 is 2.42 bits per heavy atom. The molecule has 0 fully saturated rings. The van der Waals surface area contributed by atoms with Crippen molar-refractivity contribution in [3.05, 3.63) is 77.2 Å². The highest BCUT2D eigenvalue weighted by Crippen LogP contribution is 2.25. The number of benzene rings is 2. The Balaban J connectivity index is 1.57. The van der Waals surface area contributed by atoms with Crippen LogP contribution in [0.1, 0.15) is 42.3 Å². The van der Waals surface area contributed by atoms with E-state index in [4.69, 9.17) is 4.42 Å². The van der Waals surface area contributed by atoms with Crippen molar-refractivity contribution in [2.24, 2.45) is 5.92 Å². The summed E-state index contributed by atoms with van der Waals surface area (Å²) in [4.78, 5) is 16.8. The number of oxazole rings is 1. The van der Waals surface area contributed by atoms with E-state index < -0.39 is 15.6 Å². The predicted octanol–water partition coefficient (Wildman–Crippen LogP) is 5.10. The first kappa shape index (κ1) is 22.9. The summed E-state index contributed by atoms with van der Waals surface area (Å²) in [7, 11) is -3.62. The lowest BCUT2D eigenvalue weighted by Gasteiger charge is -2.10. The monoisotopic (exact) mass is 439 g/mol. The maximum atomic E-state index is 12.6. The summed E-state index contributed by atoms with van der Waals surface area (Å²) in [6, 6.07) is 17.7. The van der Waals surface area contributed by atoms with Gasteiger partial charge in [0.25, 0.3) is 0 Å². The molecule has 1 unspecified atom stereocenters. The molecule has 0 bridgehead atoms. The van der Waals surface area contributed by atoms with Crippen LogP contribution >= 0.6 is 0 Å². The van der Waals surface area contributed by atoms with Crippen molar-refractivity contribution in [1.29, 1.82) is 0 Å². The summed E-state index contributed by atoms with van der Waals surface area (Å²) in [6.45, 7) is 5.64. The second kappa shape index (κ2) is 10.1. The van der Waals surface area contributed by atoms with Crippen LogP contribution in [0.25, 0.3) is 11.5 Å². The van der Waals surface area contributed by atoms with Crippen molar-refractivity contribution in [2.45, 2.75) is 45.8 Å². The van der Waals surface area contributed by atoms with Gasteiger partial charge in [0, 0.05) is 12.0 Å². The number of ketones is 1. The molecule has 0 aliphatic rings. The number of sulfone groups is 1. The Hall–Kier alpha value is -2.73. The number of carbonyl (C=O) groups excluding carboxylic acids is 1. The Labute approximate surface area is 184 Å². The van der Waals surface area contributed by atoms with Crippen molar-refractivity contribution in [3.63, 3.8) is 0 Å². The first-order valence-electron chi connectivity index (χ1n) is 10.5. The Morgan fingerprint density at radius 1 is 1.03 bits per heavy atom. The molecule has 0 saturated heterocycles. The molecule has 3 rings (SSSR count). The summed E-state index contributed by atoms with van der Waals surface area (Å²) in [5.74, 6) is -0.00937. The molecular weight excluding hydrogens is 410 g/mol.